The van der Waals surface area contributed by atoms with E-state index in [0.717, 1.165) is 29.9 Å². The van der Waals surface area contributed by atoms with Gasteiger partial charge in [0, 0.05) is 31.7 Å². The highest BCUT2D eigenvalue weighted by Gasteiger charge is 2.32. The van der Waals surface area contributed by atoms with Gasteiger partial charge in [-0.25, -0.2) is 4.98 Å². The van der Waals surface area contributed by atoms with Gasteiger partial charge in [0.15, 0.2) is 23.0 Å². The average Bonchev–Trinajstić information content (AvgIpc) is 3.50. The van der Waals surface area contributed by atoms with Crippen LogP contribution < -0.4 is 20.1 Å². The Bertz CT molecular complexity index is 1230. The first-order chi connectivity index (χ1) is 17.0. The van der Waals surface area contributed by atoms with E-state index in [1.807, 2.05) is 18.2 Å². The van der Waals surface area contributed by atoms with Gasteiger partial charge in [-0.2, -0.15) is 0 Å². The van der Waals surface area contributed by atoms with E-state index in [-0.39, 0.29) is 29.8 Å². The Balaban J connectivity index is 1.33. The van der Waals surface area contributed by atoms with Crippen LogP contribution in [0.2, 0.25) is 0 Å². The Morgan fingerprint density at radius 3 is 2.80 bits per heavy atom. The number of hydrogen-bond donors (Lipinski definition) is 2. The van der Waals surface area contributed by atoms with E-state index in [9.17, 15) is 9.59 Å². The van der Waals surface area contributed by atoms with Crippen LogP contribution in [-0.4, -0.2) is 36.6 Å². The van der Waals surface area contributed by atoms with Crippen molar-refractivity contribution < 1.29 is 23.5 Å². The van der Waals surface area contributed by atoms with Crippen LogP contribution in [-0.2, 0) is 16.0 Å². The zero-order chi connectivity index (χ0) is 24.4. The second kappa shape index (κ2) is 9.98. The Morgan fingerprint density at radius 1 is 1.20 bits per heavy atom. The molecule has 2 N–H and O–H groups in total. The van der Waals surface area contributed by atoms with Crippen LogP contribution in [0.15, 0.2) is 40.8 Å². The van der Waals surface area contributed by atoms with Crippen molar-refractivity contribution >= 4 is 28.6 Å². The van der Waals surface area contributed by atoms with Crippen molar-refractivity contribution in [3.8, 4) is 11.5 Å². The SMILES string of the molecule is COc1ccc([C@H]2CNC(=O)[C@@H](Cc3nc4cccc(NC(C)=O)c4o3)C2)cc1OC1CCCC1. The number of aromatic nitrogens is 1. The first kappa shape index (κ1) is 23.2. The molecular formula is C27H31N3O5. The normalized spacial score (nSPS) is 20.6. The number of oxazole rings is 1. The molecule has 2 aliphatic rings. The van der Waals surface area contributed by atoms with Gasteiger partial charge in [0.05, 0.1) is 18.9 Å². The molecule has 0 bridgehead atoms. The van der Waals surface area contributed by atoms with Crippen molar-refractivity contribution in [2.75, 3.05) is 19.0 Å². The molecule has 1 aliphatic heterocycles. The van der Waals surface area contributed by atoms with Crippen LogP contribution in [0.1, 0.15) is 56.4 Å². The number of anilines is 1. The fourth-order valence-electron chi connectivity index (χ4n) is 5.14. The number of nitrogens with zero attached hydrogens (tertiary/aromatic N) is 1. The summed E-state index contributed by atoms with van der Waals surface area (Å²) in [7, 11) is 1.66. The lowest BCUT2D eigenvalue weighted by molar-refractivity contribution is -0.127. The van der Waals surface area contributed by atoms with E-state index in [1.54, 1.807) is 13.2 Å². The molecule has 184 valence electrons. The number of carbonyl (C=O) groups excluding carboxylic acids is 2. The fraction of sp³-hybridized carbons (Fsp3) is 0.444. The monoisotopic (exact) mass is 477 g/mol. The zero-order valence-electron chi connectivity index (χ0n) is 20.1. The molecule has 1 saturated heterocycles. The van der Waals surface area contributed by atoms with E-state index < -0.39 is 0 Å². The van der Waals surface area contributed by atoms with E-state index in [2.05, 4.69) is 27.8 Å². The van der Waals surface area contributed by atoms with Crippen LogP contribution >= 0.6 is 0 Å². The van der Waals surface area contributed by atoms with Gasteiger partial charge >= 0.3 is 0 Å². The first-order valence-electron chi connectivity index (χ1n) is 12.3. The molecule has 1 aliphatic carbocycles. The van der Waals surface area contributed by atoms with Crippen LogP contribution in [0.4, 0.5) is 5.69 Å². The number of para-hydroxylation sites is 1. The van der Waals surface area contributed by atoms with Crippen molar-refractivity contribution in [3.63, 3.8) is 0 Å². The van der Waals surface area contributed by atoms with Gasteiger partial charge in [-0.1, -0.05) is 12.1 Å². The molecule has 5 rings (SSSR count). The standard InChI is InChI=1S/C27H31N3O5/c1-16(31)29-21-8-5-9-22-26(21)35-25(30-22)14-18-12-19(15-28-27(18)32)17-10-11-23(33-2)24(13-17)34-20-6-3-4-7-20/h5,8-11,13,18-20H,3-4,6-7,12,14-15H2,1-2H3,(H,28,32)(H,29,31)/t18-,19-/m1/s1. The number of methoxy groups -OCH3 is 1. The first-order valence-corrected chi connectivity index (χ1v) is 12.3. The topological polar surface area (TPSA) is 103 Å². The van der Waals surface area contributed by atoms with E-state index in [0.29, 0.717) is 42.1 Å². The van der Waals surface area contributed by atoms with Crippen LogP contribution in [0, 0.1) is 5.92 Å². The Hall–Kier alpha value is -3.55. The Kier molecular flexibility index (Phi) is 6.61. The smallest absolute Gasteiger partial charge is 0.223 e. The minimum atomic E-state index is -0.271. The van der Waals surface area contributed by atoms with Crippen LogP contribution in [0.5, 0.6) is 11.5 Å². The van der Waals surface area contributed by atoms with E-state index >= 15 is 0 Å². The molecule has 8 heteroatoms. The lowest BCUT2D eigenvalue weighted by Gasteiger charge is -2.29. The van der Waals surface area contributed by atoms with E-state index in [1.165, 1.54) is 19.8 Å². The number of carbonyl (C=O) groups is 2. The third-order valence-electron chi connectivity index (χ3n) is 6.91. The molecule has 0 radical (unpaired) electrons. The number of benzene rings is 2. The molecular weight excluding hydrogens is 446 g/mol. The lowest BCUT2D eigenvalue weighted by atomic mass is 9.83. The summed E-state index contributed by atoms with van der Waals surface area (Å²) in [5.74, 6) is 1.69. The summed E-state index contributed by atoms with van der Waals surface area (Å²) < 4.78 is 17.8. The van der Waals surface area contributed by atoms with Gasteiger partial charge in [-0.05, 0) is 61.9 Å². The second-order valence-electron chi connectivity index (χ2n) is 9.46. The van der Waals surface area contributed by atoms with Crippen molar-refractivity contribution in [2.45, 2.75) is 57.5 Å². The Labute approximate surface area is 204 Å². The van der Waals surface area contributed by atoms with Crippen LogP contribution in [0.3, 0.4) is 0 Å². The van der Waals surface area contributed by atoms with Gasteiger partial charge in [0.25, 0.3) is 0 Å². The number of piperidine rings is 1. The average molecular weight is 478 g/mol. The van der Waals surface area contributed by atoms with Crippen molar-refractivity contribution in [2.24, 2.45) is 5.92 Å². The van der Waals surface area contributed by atoms with Gasteiger partial charge in [-0.3, -0.25) is 9.59 Å². The molecule has 2 aromatic carbocycles. The number of fused-ring (bicyclic) bond motifs is 1. The number of rotatable bonds is 7. The molecule has 35 heavy (non-hydrogen) atoms. The van der Waals surface area contributed by atoms with Crippen molar-refractivity contribution in [3.05, 3.63) is 47.9 Å². The quantitative estimate of drug-likeness (QED) is 0.516. The molecule has 2 amide bonds. The zero-order valence-corrected chi connectivity index (χ0v) is 20.1. The summed E-state index contributed by atoms with van der Waals surface area (Å²) in [6, 6.07) is 11.5. The predicted molar refractivity (Wildman–Crippen MR) is 132 cm³/mol. The molecule has 2 fully saturated rings. The van der Waals surface area contributed by atoms with E-state index in [4.69, 9.17) is 13.9 Å². The third-order valence-corrected chi connectivity index (χ3v) is 6.91. The maximum Gasteiger partial charge on any atom is 0.223 e. The summed E-state index contributed by atoms with van der Waals surface area (Å²) in [4.78, 5) is 28.8. The summed E-state index contributed by atoms with van der Waals surface area (Å²) in [6.45, 7) is 2.02. The number of nitrogens with one attached hydrogen (secondary N) is 2. The van der Waals surface area contributed by atoms with Crippen molar-refractivity contribution in [1.82, 2.24) is 10.3 Å². The minimum Gasteiger partial charge on any atom is -0.493 e. The second-order valence-corrected chi connectivity index (χ2v) is 9.46. The molecule has 1 saturated carbocycles. The summed E-state index contributed by atoms with van der Waals surface area (Å²) in [6.07, 6.45) is 5.85. The maximum atomic E-state index is 12.7. The number of ether oxygens (including phenoxy) is 2. The molecule has 8 nitrogen and oxygen atoms in total. The molecule has 1 aromatic heterocycles. The minimum absolute atomic E-state index is 0.00142. The number of amides is 2. The molecule has 0 spiro atoms. The fourth-order valence-corrected chi connectivity index (χ4v) is 5.14. The highest BCUT2D eigenvalue weighted by atomic mass is 16.5. The molecule has 3 aromatic rings. The predicted octanol–water partition coefficient (Wildman–Crippen LogP) is 4.58. The highest BCUT2D eigenvalue weighted by Crippen LogP contribution is 2.37. The summed E-state index contributed by atoms with van der Waals surface area (Å²) >= 11 is 0. The van der Waals surface area contributed by atoms with Gasteiger partial charge in [-0.15, -0.1) is 0 Å². The maximum absolute atomic E-state index is 12.7. The molecule has 2 heterocycles. The largest absolute Gasteiger partial charge is 0.493 e. The summed E-state index contributed by atoms with van der Waals surface area (Å²) in [5.41, 5.74) is 2.87. The Morgan fingerprint density at radius 2 is 2.03 bits per heavy atom. The molecule has 2 atom stereocenters. The highest BCUT2D eigenvalue weighted by molar-refractivity contribution is 5.97. The van der Waals surface area contributed by atoms with Crippen LogP contribution in [0.25, 0.3) is 11.1 Å². The molecule has 0 unspecified atom stereocenters. The van der Waals surface area contributed by atoms with Gasteiger partial charge in [0.1, 0.15) is 5.52 Å². The van der Waals surface area contributed by atoms with Crippen molar-refractivity contribution in [1.29, 1.82) is 0 Å². The third kappa shape index (κ3) is 5.11. The lowest BCUT2D eigenvalue weighted by Crippen LogP contribution is -2.41. The summed E-state index contributed by atoms with van der Waals surface area (Å²) in [5, 5.41) is 5.82. The number of hydrogen-bond acceptors (Lipinski definition) is 6. The van der Waals surface area contributed by atoms with Gasteiger partial charge in [0.2, 0.25) is 11.8 Å². The van der Waals surface area contributed by atoms with Gasteiger partial charge < -0.3 is 24.5 Å².